The molecule has 0 radical (unpaired) electrons. The lowest BCUT2D eigenvalue weighted by Crippen LogP contribution is -2.50. The van der Waals surface area contributed by atoms with Gasteiger partial charge >= 0.3 is 29.8 Å². The molecule has 2 atom stereocenters. The van der Waals surface area contributed by atoms with E-state index in [0.29, 0.717) is 11.1 Å². The molecule has 0 saturated heterocycles. The molecular formula is C28H32N2O11. The predicted molar refractivity (Wildman–Crippen MR) is 142 cm³/mol. The molecule has 41 heavy (non-hydrogen) atoms. The zero-order valence-corrected chi connectivity index (χ0v) is 23.3. The lowest BCUT2D eigenvalue weighted by Gasteiger charge is -2.21. The number of hydrogen-bond acceptors (Lipinski definition) is 12. The van der Waals surface area contributed by atoms with E-state index in [9.17, 15) is 28.8 Å². The summed E-state index contributed by atoms with van der Waals surface area (Å²) in [5, 5.41) is 2.58. The Labute approximate surface area is 236 Å². The molecule has 0 aromatic heterocycles. The zero-order valence-electron chi connectivity index (χ0n) is 23.3. The van der Waals surface area contributed by atoms with Crippen LogP contribution in [-0.4, -0.2) is 54.4 Å². The average Bonchev–Trinajstić information content (AvgIpc) is 2.85. The Morgan fingerprint density at radius 2 is 1.10 bits per heavy atom. The molecule has 2 aromatic rings. The van der Waals surface area contributed by atoms with Gasteiger partial charge < -0.3 is 34.7 Å². The number of ether oxygens (including phenoxy) is 5. The molecule has 13 heteroatoms. The molecule has 220 valence electrons. The van der Waals surface area contributed by atoms with E-state index in [-0.39, 0.29) is 42.4 Å². The van der Waals surface area contributed by atoms with Crippen molar-refractivity contribution in [3.63, 3.8) is 0 Å². The van der Waals surface area contributed by atoms with E-state index in [4.69, 9.17) is 29.4 Å². The van der Waals surface area contributed by atoms with Crippen molar-refractivity contribution >= 4 is 35.8 Å². The monoisotopic (exact) mass is 572 g/mol. The van der Waals surface area contributed by atoms with Gasteiger partial charge in [-0.25, -0.2) is 4.79 Å². The van der Waals surface area contributed by atoms with Gasteiger partial charge in [-0.1, -0.05) is 12.1 Å². The summed E-state index contributed by atoms with van der Waals surface area (Å²) < 4.78 is 25.4. The fraction of sp³-hybridized carbons (Fsp3) is 0.357. The second-order valence-electron chi connectivity index (χ2n) is 8.76. The minimum Gasteiger partial charge on any atom is -0.464 e. The Morgan fingerprint density at radius 3 is 1.51 bits per heavy atom. The first-order chi connectivity index (χ1) is 19.3. The van der Waals surface area contributed by atoms with Gasteiger partial charge in [-0.2, -0.15) is 0 Å². The average molecular weight is 573 g/mol. The number of amides is 1. The van der Waals surface area contributed by atoms with Crippen LogP contribution in [0.15, 0.2) is 36.4 Å². The third kappa shape index (κ3) is 10.7. The van der Waals surface area contributed by atoms with E-state index >= 15 is 0 Å². The Balaban J connectivity index is 2.24. The summed E-state index contributed by atoms with van der Waals surface area (Å²) in [5.74, 6) is -4.01. The highest BCUT2D eigenvalue weighted by atomic mass is 16.6. The van der Waals surface area contributed by atoms with Crippen LogP contribution in [0.5, 0.6) is 23.0 Å². The van der Waals surface area contributed by atoms with Crippen LogP contribution in [-0.2, 0) is 46.3 Å². The van der Waals surface area contributed by atoms with Crippen LogP contribution in [0.2, 0.25) is 0 Å². The van der Waals surface area contributed by atoms with E-state index in [1.54, 1.807) is 13.0 Å². The lowest BCUT2D eigenvalue weighted by atomic mass is 10.0. The molecule has 0 aliphatic heterocycles. The molecule has 0 heterocycles. The van der Waals surface area contributed by atoms with Crippen LogP contribution in [0.4, 0.5) is 0 Å². The summed E-state index contributed by atoms with van der Waals surface area (Å²) in [5.41, 5.74) is 7.06. The van der Waals surface area contributed by atoms with E-state index in [1.807, 2.05) is 0 Å². The highest BCUT2D eigenvalue weighted by molar-refractivity contribution is 5.88. The van der Waals surface area contributed by atoms with Crippen LogP contribution >= 0.6 is 0 Å². The van der Waals surface area contributed by atoms with Crippen molar-refractivity contribution in [3.8, 4) is 23.0 Å². The first-order valence-electron chi connectivity index (χ1n) is 12.5. The summed E-state index contributed by atoms with van der Waals surface area (Å²) >= 11 is 0. The highest BCUT2D eigenvalue weighted by Crippen LogP contribution is 2.30. The molecule has 2 aromatic carbocycles. The standard InChI is InChI=1S/C28H32N2O11/c1-6-37-28(36)22(12-20-8-10-24(39-16(3)32)26(14-20)41-18(5)34)30-27(35)21(29)11-19-7-9-23(38-15(2)31)25(13-19)40-17(4)33/h7-10,13-14,21-22H,6,11-12,29H2,1-5H3,(H,30,35). The zero-order chi connectivity index (χ0) is 30.7. The van der Waals surface area contributed by atoms with E-state index in [2.05, 4.69) is 5.32 Å². The molecule has 0 saturated carbocycles. The topological polar surface area (TPSA) is 187 Å². The SMILES string of the molecule is CCOC(=O)C(Cc1ccc(OC(C)=O)c(OC(C)=O)c1)NC(=O)C(N)Cc1ccc(OC(C)=O)c(OC(C)=O)c1. The summed E-state index contributed by atoms with van der Waals surface area (Å²) in [7, 11) is 0. The van der Waals surface area contributed by atoms with Crippen LogP contribution in [0.25, 0.3) is 0 Å². The number of benzene rings is 2. The predicted octanol–water partition coefficient (Wildman–Crippen LogP) is 1.55. The van der Waals surface area contributed by atoms with E-state index in [0.717, 1.165) is 0 Å². The molecule has 2 rings (SSSR count). The van der Waals surface area contributed by atoms with Crippen molar-refractivity contribution in [2.75, 3.05) is 6.61 Å². The molecule has 0 bridgehead atoms. The Kier molecular flexibility index (Phi) is 12.0. The molecule has 3 N–H and O–H groups in total. The van der Waals surface area contributed by atoms with Gasteiger partial charge in [0.2, 0.25) is 5.91 Å². The van der Waals surface area contributed by atoms with Gasteiger partial charge in [0.15, 0.2) is 23.0 Å². The minimum atomic E-state index is -1.17. The number of hydrogen-bond donors (Lipinski definition) is 2. The maximum absolute atomic E-state index is 13.0. The number of esters is 5. The van der Waals surface area contributed by atoms with Gasteiger partial charge in [0.05, 0.1) is 12.6 Å². The molecular weight excluding hydrogens is 540 g/mol. The maximum Gasteiger partial charge on any atom is 0.328 e. The first-order valence-corrected chi connectivity index (χ1v) is 12.5. The van der Waals surface area contributed by atoms with Crippen molar-refractivity contribution in [2.24, 2.45) is 5.73 Å². The summed E-state index contributed by atoms with van der Waals surface area (Å²) in [6, 6.07) is 6.39. The molecule has 0 spiro atoms. The van der Waals surface area contributed by atoms with Crippen molar-refractivity contribution in [1.29, 1.82) is 0 Å². The summed E-state index contributed by atoms with van der Waals surface area (Å²) in [6.07, 6.45) is -0.0940. The second-order valence-corrected chi connectivity index (χ2v) is 8.76. The molecule has 13 nitrogen and oxygen atoms in total. The fourth-order valence-corrected chi connectivity index (χ4v) is 3.60. The number of rotatable bonds is 12. The highest BCUT2D eigenvalue weighted by Gasteiger charge is 2.26. The number of nitrogens with two attached hydrogens (primary N) is 1. The number of carbonyl (C=O) groups is 6. The van der Waals surface area contributed by atoms with Gasteiger partial charge in [-0.15, -0.1) is 0 Å². The quantitative estimate of drug-likeness (QED) is 0.276. The van der Waals surface area contributed by atoms with Crippen LogP contribution in [0.3, 0.4) is 0 Å². The van der Waals surface area contributed by atoms with Crippen LogP contribution in [0.1, 0.15) is 45.7 Å². The molecule has 2 unspecified atom stereocenters. The van der Waals surface area contributed by atoms with Crippen LogP contribution in [0, 0.1) is 0 Å². The fourth-order valence-electron chi connectivity index (χ4n) is 3.60. The van der Waals surface area contributed by atoms with Crippen LogP contribution < -0.4 is 30.0 Å². The normalized spacial score (nSPS) is 11.9. The van der Waals surface area contributed by atoms with E-state index < -0.39 is 47.8 Å². The van der Waals surface area contributed by atoms with Gasteiger partial charge in [0.1, 0.15) is 6.04 Å². The van der Waals surface area contributed by atoms with Gasteiger partial charge in [-0.05, 0) is 48.7 Å². The third-order valence-corrected chi connectivity index (χ3v) is 5.15. The number of nitrogens with one attached hydrogen (secondary N) is 1. The molecule has 1 amide bonds. The molecule has 0 aliphatic rings. The lowest BCUT2D eigenvalue weighted by molar-refractivity contribution is -0.147. The van der Waals surface area contributed by atoms with Gasteiger partial charge in [-0.3, -0.25) is 24.0 Å². The van der Waals surface area contributed by atoms with Crippen molar-refractivity contribution < 1.29 is 52.5 Å². The van der Waals surface area contributed by atoms with Crippen molar-refractivity contribution in [1.82, 2.24) is 5.32 Å². The van der Waals surface area contributed by atoms with Gasteiger partial charge in [0, 0.05) is 34.1 Å². The van der Waals surface area contributed by atoms with E-state index in [1.165, 1.54) is 58.0 Å². The molecule has 0 fully saturated rings. The first kappa shape index (κ1) is 32.4. The summed E-state index contributed by atoms with van der Waals surface area (Å²) in [4.78, 5) is 71.4. The van der Waals surface area contributed by atoms with Crippen molar-refractivity contribution in [2.45, 2.75) is 59.5 Å². The van der Waals surface area contributed by atoms with Gasteiger partial charge in [0.25, 0.3) is 0 Å². The maximum atomic E-state index is 13.0. The smallest absolute Gasteiger partial charge is 0.328 e. The van der Waals surface area contributed by atoms with Crippen molar-refractivity contribution in [3.05, 3.63) is 47.5 Å². The Hall–Kier alpha value is -4.78. The number of carbonyl (C=O) groups excluding carboxylic acids is 6. The minimum absolute atomic E-state index is 0.00281. The largest absolute Gasteiger partial charge is 0.464 e. The Morgan fingerprint density at radius 1 is 0.683 bits per heavy atom. The molecule has 0 aliphatic carbocycles. The third-order valence-electron chi connectivity index (χ3n) is 5.15. The second kappa shape index (κ2) is 15.1. The summed E-state index contributed by atoms with van der Waals surface area (Å²) in [6.45, 7) is 6.39. The Bertz CT molecular complexity index is 1320.